The molecule has 0 aliphatic heterocycles. The van der Waals surface area contributed by atoms with E-state index in [-0.39, 0.29) is 0 Å². The van der Waals surface area contributed by atoms with Gasteiger partial charge in [-0.05, 0) is 36.8 Å². The van der Waals surface area contributed by atoms with E-state index in [1.165, 1.54) is 24.8 Å². The van der Waals surface area contributed by atoms with Crippen molar-refractivity contribution in [1.82, 2.24) is 0 Å². The van der Waals surface area contributed by atoms with Crippen LogP contribution in [0.4, 0.5) is 0 Å². The van der Waals surface area contributed by atoms with Gasteiger partial charge in [-0.15, -0.1) is 0 Å². The minimum absolute atomic E-state index is 0.537. The van der Waals surface area contributed by atoms with Crippen molar-refractivity contribution in [3.8, 4) is 6.07 Å². The molecule has 1 aromatic carbocycles. The fourth-order valence-electron chi connectivity index (χ4n) is 3.59. The lowest BCUT2D eigenvalue weighted by atomic mass is 9.66. The molecule has 0 saturated carbocycles. The molecule has 2 atom stereocenters. The van der Waals surface area contributed by atoms with E-state index < -0.39 is 11.5 Å². The maximum Gasteiger partial charge on any atom is 0.108 e. The summed E-state index contributed by atoms with van der Waals surface area (Å²) in [6.45, 7) is 2.21. The van der Waals surface area contributed by atoms with Crippen LogP contribution in [0.3, 0.4) is 0 Å². The summed E-state index contributed by atoms with van der Waals surface area (Å²) in [6.07, 6.45) is 8.94. The highest BCUT2D eigenvalue weighted by Crippen LogP contribution is 2.41. The number of fused-ring (bicyclic) bond motifs is 1. The number of aliphatic hydroxyl groups excluding tert-OH is 1. The summed E-state index contributed by atoms with van der Waals surface area (Å²) in [4.78, 5) is 0. The zero-order valence-electron chi connectivity index (χ0n) is 13.1. The van der Waals surface area contributed by atoms with Crippen LogP contribution in [0.25, 0.3) is 0 Å². The molecule has 1 aliphatic rings. The van der Waals surface area contributed by atoms with Gasteiger partial charge in [0.1, 0.15) is 5.41 Å². The van der Waals surface area contributed by atoms with Gasteiger partial charge in [0.15, 0.2) is 0 Å². The molecule has 0 fully saturated rings. The first kappa shape index (κ1) is 16.0. The molecule has 1 N–H and O–H groups in total. The van der Waals surface area contributed by atoms with Gasteiger partial charge in [-0.3, -0.25) is 0 Å². The van der Waals surface area contributed by atoms with Crippen LogP contribution in [-0.2, 0) is 11.8 Å². The smallest absolute Gasteiger partial charge is 0.108 e. The Bertz CT molecular complexity index is 491. The monoisotopic (exact) mass is 285 g/mol. The fraction of sp³-hybridized carbons (Fsp3) is 0.632. The fourth-order valence-corrected chi connectivity index (χ4v) is 3.59. The standard InChI is InChI=1S/C19H27NO/c1-2-3-4-5-6-13-18(21)19(15-20)14-9-11-16-10-7-8-12-17(16)19/h7-8,10,12,18,21H,2-6,9,11,13-14H2,1H3. The predicted molar refractivity (Wildman–Crippen MR) is 86.1 cm³/mol. The second kappa shape index (κ2) is 7.61. The van der Waals surface area contributed by atoms with Gasteiger partial charge in [-0.1, -0.05) is 63.3 Å². The first-order valence-corrected chi connectivity index (χ1v) is 8.42. The Kier molecular flexibility index (Phi) is 5.82. The van der Waals surface area contributed by atoms with Gasteiger partial charge < -0.3 is 5.11 Å². The number of aliphatic hydroxyl groups is 1. The Balaban J connectivity index is 2.07. The molecule has 0 saturated heterocycles. The molecule has 0 radical (unpaired) electrons. The largest absolute Gasteiger partial charge is 0.391 e. The highest BCUT2D eigenvalue weighted by atomic mass is 16.3. The Morgan fingerprint density at radius 2 is 2.00 bits per heavy atom. The highest BCUT2D eigenvalue weighted by molar-refractivity contribution is 5.42. The number of hydrogen-bond acceptors (Lipinski definition) is 2. The van der Waals surface area contributed by atoms with Gasteiger partial charge in [-0.25, -0.2) is 0 Å². The molecule has 0 heterocycles. The number of benzene rings is 1. The van der Waals surface area contributed by atoms with Crippen LogP contribution in [0.2, 0.25) is 0 Å². The quantitative estimate of drug-likeness (QED) is 0.749. The first-order chi connectivity index (χ1) is 10.2. The van der Waals surface area contributed by atoms with E-state index in [4.69, 9.17) is 0 Å². The van der Waals surface area contributed by atoms with Crippen LogP contribution >= 0.6 is 0 Å². The molecule has 2 heteroatoms. The maximum atomic E-state index is 10.7. The summed E-state index contributed by atoms with van der Waals surface area (Å²) in [5.74, 6) is 0. The van der Waals surface area contributed by atoms with Crippen molar-refractivity contribution in [2.24, 2.45) is 0 Å². The molecule has 1 aromatic rings. The highest BCUT2D eigenvalue weighted by Gasteiger charge is 2.42. The minimum Gasteiger partial charge on any atom is -0.391 e. The molecular weight excluding hydrogens is 258 g/mol. The van der Waals surface area contributed by atoms with Crippen molar-refractivity contribution < 1.29 is 5.11 Å². The van der Waals surface area contributed by atoms with Crippen LogP contribution < -0.4 is 0 Å². The van der Waals surface area contributed by atoms with Crippen LogP contribution in [0, 0.1) is 11.3 Å². The zero-order chi connectivity index (χ0) is 15.1. The summed E-state index contributed by atoms with van der Waals surface area (Å²) in [5, 5.41) is 20.5. The lowest BCUT2D eigenvalue weighted by Crippen LogP contribution is -2.41. The van der Waals surface area contributed by atoms with E-state index in [2.05, 4.69) is 19.1 Å². The molecule has 2 unspecified atom stereocenters. The summed E-state index contributed by atoms with van der Waals surface area (Å²) >= 11 is 0. The Morgan fingerprint density at radius 3 is 2.76 bits per heavy atom. The van der Waals surface area contributed by atoms with Crippen LogP contribution in [0.5, 0.6) is 0 Å². The van der Waals surface area contributed by atoms with Crippen LogP contribution in [-0.4, -0.2) is 11.2 Å². The van der Waals surface area contributed by atoms with E-state index in [9.17, 15) is 10.4 Å². The Hall–Kier alpha value is -1.33. The molecule has 0 bridgehead atoms. The van der Waals surface area contributed by atoms with Crippen molar-refractivity contribution in [2.75, 3.05) is 0 Å². The zero-order valence-corrected chi connectivity index (χ0v) is 13.1. The number of unbranched alkanes of at least 4 members (excludes halogenated alkanes) is 4. The molecule has 2 rings (SSSR count). The van der Waals surface area contributed by atoms with E-state index in [0.29, 0.717) is 0 Å². The molecule has 0 spiro atoms. The molecule has 21 heavy (non-hydrogen) atoms. The van der Waals surface area contributed by atoms with Crippen LogP contribution in [0.1, 0.15) is 69.4 Å². The van der Waals surface area contributed by atoms with Crippen molar-refractivity contribution in [2.45, 2.75) is 76.2 Å². The molecular formula is C19H27NO. The van der Waals surface area contributed by atoms with Crippen LogP contribution in [0.15, 0.2) is 24.3 Å². The van der Waals surface area contributed by atoms with E-state index in [1.54, 1.807) is 0 Å². The second-order valence-electron chi connectivity index (χ2n) is 6.31. The lowest BCUT2D eigenvalue weighted by molar-refractivity contribution is 0.0881. The van der Waals surface area contributed by atoms with Gasteiger partial charge in [0.25, 0.3) is 0 Å². The number of rotatable bonds is 7. The molecule has 0 aromatic heterocycles. The Labute approximate surface area is 128 Å². The van der Waals surface area contributed by atoms with Crippen molar-refractivity contribution in [3.63, 3.8) is 0 Å². The average Bonchev–Trinajstić information content (AvgIpc) is 2.53. The summed E-state index contributed by atoms with van der Waals surface area (Å²) in [7, 11) is 0. The predicted octanol–water partition coefficient (Wildman–Crippen LogP) is 4.51. The van der Waals surface area contributed by atoms with Gasteiger partial charge in [0.2, 0.25) is 0 Å². The van der Waals surface area contributed by atoms with E-state index >= 15 is 0 Å². The SMILES string of the molecule is CCCCCCCC(O)C1(C#N)CCCc2ccccc21. The number of nitrogens with zero attached hydrogens (tertiary/aromatic N) is 1. The van der Waals surface area contributed by atoms with Gasteiger partial charge in [0, 0.05) is 0 Å². The third-order valence-electron chi connectivity index (χ3n) is 4.86. The summed E-state index contributed by atoms with van der Waals surface area (Å²) in [5.41, 5.74) is 1.63. The normalized spacial score (nSPS) is 22.3. The topological polar surface area (TPSA) is 44.0 Å². The first-order valence-electron chi connectivity index (χ1n) is 8.42. The molecule has 2 nitrogen and oxygen atoms in total. The lowest BCUT2D eigenvalue weighted by Gasteiger charge is -2.37. The number of aryl methyl sites for hydroxylation is 1. The molecule has 114 valence electrons. The number of nitriles is 1. The van der Waals surface area contributed by atoms with E-state index in [0.717, 1.165) is 44.1 Å². The van der Waals surface area contributed by atoms with Crippen molar-refractivity contribution >= 4 is 0 Å². The summed E-state index contributed by atoms with van der Waals surface area (Å²) < 4.78 is 0. The summed E-state index contributed by atoms with van der Waals surface area (Å²) in [6, 6.07) is 10.6. The van der Waals surface area contributed by atoms with Crippen molar-refractivity contribution in [1.29, 1.82) is 5.26 Å². The third kappa shape index (κ3) is 3.47. The van der Waals surface area contributed by atoms with Gasteiger partial charge >= 0.3 is 0 Å². The average molecular weight is 285 g/mol. The van der Waals surface area contributed by atoms with Gasteiger partial charge in [-0.2, -0.15) is 5.26 Å². The number of hydrogen-bond donors (Lipinski definition) is 1. The molecule has 0 amide bonds. The second-order valence-corrected chi connectivity index (χ2v) is 6.31. The third-order valence-corrected chi connectivity index (χ3v) is 4.86. The van der Waals surface area contributed by atoms with Crippen molar-refractivity contribution in [3.05, 3.63) is 35.4 Å². The Morgan fingerprint density at radius 1 is 1.24 bits per heavy atom. The van der Waals surface area contributed by atoms with E-state index in [1.807, 2.05) is 18.2 Å². The van der Waals surface area contributed by atoms with Gasteiger partial charge in [0.05, 0.1) is 12.2 Å². The molecule has 1 aliphatic carbocycles. The maximum absolute atomic E-state index is 10.7. The minimum atomic E-state index is -0.681.